The molecule has 1 unspecified atom stereocenters. The number of halogens is 1. The second-order valence-corrected chi connectivity index (χ2v) is 7.34. The highest BCUT2D eigenvalue weighted by Crippen LogP contribution is 2.36. The fourth-order valence-corrected chi connectivity index (χ4v) is 3.37. The number of hydrogen-bond donors (Lipinski definition) is 1. The largest absolute Gasteiger partial charge is 0.493 e. The Kier molecular flexibility index (Phi) is 4.74. The summed E-state index contributed by atoms with van der Waals surface area (Å²) in [5, 5.41) is 2.86. The Morgan fingerprint density at radius 3 is 2.66 bits per heavy atom. The van der Waals surface area contributed by atoms with E-state index in [1.807, 2.05) is 13.8 Å². The Labute approximate surface area is 166 Å². The molecular formula is C22H20FNO5. The SMILES string of the molecule is COc1cc(C2NC(=O)c3oc4ccc(F)cc4c(=O)c32)ccc1OCC(C)C. The van der Waals surface area contributed by atoms with Gasteiger partial charge in [-0.05, 0) is 41.8 Å². The third-order valence-electron chi connectivity index (χ3n) is 4.75. The summed E-state index contributed by atoms with van der Waals surface area (Å²) in [7, 11) is 1.52. The lowest BCUT2D eigenvalue weighted by Crippen LogP contribution is -2.22. The van der Waals surface area contributed by atoms with Crippen molar-refractivity contribution in [3.05, 3.63) is 69.3 Å². The van der Waals surface area contributed by atoms with Gasteiger partial charge in [-0.1, -0.05) is 19.9 Å². The standard InChI is InChI=1S/C22H20FNO5/c1-11(2)10-28-16-6-4-12(8-17(16)27-3)19-18-20(25)14-9-13(23)5-7-15(14)29-21(18)22(26)24-19/h4-9,11,19H,10H2,1-3H3,(H,24,26). The van der Waals surface area contributed by atoms with Gasteiger partial charge in [-0.25, -0.2) is 4.39 Å². The van der Waals surface area contributed by atoms with Gasteiger partial charge in [0.2, 0.25) is 5.76 Å². The van der Waals surface area contributed by atoms with Crippen LogP contribution >= 0.6 is 0 Å². The number of nitrogens with one attached hydrogen (secondary N) is 1. The monoisotopic (exact) mass is 397 g/mol. The number of hydrogen-bond acceptors (Lipinski definition) is 5. The minimum absolute atomic E-state index is 0.0572. The topological polar surface area (TPSA) is 77.8 Å². The number of rotatable bonds is 5. The van der Waals surface area contributed by atoms with Crippen molar-refractivity contribution in [1.29, 1.82) is 0 Å². The van der Waals surface area contributed by atoms with Crippen LogP contribution in [0, 0.1) is 11.7 Å². The van der Waals surface area contributed by atoms with Crippen LogP contribution in [0.4, 0.5) is 4.39 Å². The van der Waals surface area contributed by atoms with Crippen LogP contribution in [0.25, 0.3) is 11.0 Å². The lowest BCUT2D eigenvalue weighted by atomic mass is 9.99. The second kappa shape index (κ2) is 7.24. The molecule has 0 saturated heterocycles. The summed E-state index contributed by atoms with van der Waals surface area (Å²) in [6.07, 6.45) is 0. The van der Waals surface area contributed by atoms with Crippen molar-refractivity contribution in [2.45, 2.75) is 19.9 Å². The van der Waals surface area contributed by atoms with Gasteiger partial charge in [-0.3, -0.25) is 9.59 Å². The fourth-order valence-electron chi connectivity index (χ4n) is 3.37. The molecule has 150 valence electrons. The number of ether oxygens (including phenoxy) is 2. The molecule has 4 rings (SSSR count). The predicted molar refractivity (Wildman–Crippen MR) is 105 cm³/mol. The lowest BCUT2D eigenvalue weighted by Gasteiger charge is -2.16. The Bertz CT molecular complexity index is 1170. The molecule has 1 aliphatic rings. The van der Waals surface area contributed by atoms with E-state index in [1.54, 1.807) is 18.2 Å². The number of fused-ring (bicyclic) bond motifs is 2. The van der Waals surface area contributed by atoms with Crippen LogP contribution in [-0.2, 0) is 0 Å². The van der Waals surface area contributed by atoms with Crippen molar-refractivity contribution < 1.29 is 23.1 Å². The highest BCUT2D eigenvalue weighted by Gasteiger charge is 2.36. The second-order valence-electron chi connectivity index (χ2n) is 7.34. The zero-order valence-corrected chi connectivity index (χ0v) is 16.2. The lowest BCUT2D eigenvalue weighted by molar-refractivity contribution is 0.0938. The van der Waals surface area contributed by atoms with E-state index in [1.165, 1.54) is 19.2 Å². The zero-order chi connectivity index (χ0) is 20.7. The summed E-state index contributed by atoms with van der Waals surface area (Å²) in [5.41, 5.74) is 0.518. The molecule has 0 bridgehead atoms. The summed E-state index contributed by atoms with van der Waals surface area (Å²) < 4.78 is 30.4. The van der Waals surface area contributed by atoms with Crippen molar-refractivity contribution in [2.75, 3.05) is 13.7 Å². The summed E-state index contributed by atoms with van der Waals surface area (Å²) in [4.78, 5) is 25.5. The normalized spacial score (nSPS) is 15.5. The van der Waals surface area contributed by atoms with E-state index in [4.69, 9.17) is 13.9 Å². The third-order valence-corrected chi connectivity index (χ3v) is 4.75. The summed E-state index contributed by atoms with van der Waals surface area (Å²) in [6, 6.07) is 8.13. The highest BCUT2D eigenvalue weighted by atomic mass is 19.1. The fraction of sp³-hybridized carbons (Fsp3) is 0.273. The van der Waals surface area contributed by atoms with Gasteiger partial charge in [-0.2, -0.15) is 0 Å². The Balaban J connectivity index is 1.81. The summed E-state index contributed by atoms with van der Waals surface area (Å²) >= 11 is 0. The molecule has 2 aromatic carbocycles. The van der Waals surface area contributed by atoms with Crippen LogP contribution < -0.4 is 20.2 Å². The number of amides is 1. The van der Waals surface area contributed by atoms with Crippen molar-refractivity contribution in [3.8, 4) is 11.5 Å². The van der Waals surface area contributed by atoms with Gasteiger partial charge in [0.15, 0.2) is 16.9 Å². The Morgan fingerprint density at radius 2 is 1.93 bits per heavy atom. The van der Waals surface area contributed by atoms with Crippen molar-refractivity contribution in [2.24, 2.45) is 5.92 Å². The number of benzene rings is 2. The van der Waals surface area contributed by atoms with Crippen LogP contribution in [0.3, 0.4) is 0 Å². The average Bonchev–Trinajstić information content (AvgIpc) is 3.03. The molecule has 3 aromatic rings. The first kappa shape index (κ1) is 19.0. The molecule has 0 spiro atoms. The van der Waals surface area contributed by atoms with Crippen molar-refractivity contribution in [3.63, 3.8) is 0 Å². The molecule has 1 aromatic heterocycles. The van der Waals surface area contributed by atoms with E-state index in [9.17, 15) is 14.0 Å². The third kappa shape index (κ3) is 3.33. The van der Waals surface area contributed by atoms with Gasteiger partial charge in [0.05, 0.1) is 30.7 Å². The van der Waals surface area contributed by atoms with Crippen LogP contribution in [0.15, 0.2) is 45.6 Å². The van der Waals surface area contributed by atoms with Crippen molar-refractivity contribution >= 4 is 16.9 Å². The first-order valence-corrected chi connectivity index (χ1v) is 9.27. The van der Waals surface area contributed by atoms with E-state index in [0.717, 1.165) is 6.07 Å². The van der Waals surface area contributed by atoms with E-state index < -0.39 is 23.2 Å². The highest BCUT2D eigenvalue weighted by molar-refractivity contribution is 5.99. The van der Waals surface area contributed by atoms with Crippen molar-refractivity contribution in [1.82, 2.24) is 5.32 Å². The van der Waals surface area contributed by atoms with Gasteiger partial charge in [0.25, 0.3) is 5.91 Å². The van der Waals surface area contributed by atoms with E-state index >= 15 is 0 Å². The summed E-state index contributed by atoms with van der Waals surface area (Å²) in [6.45, 7) is 4.61. The van der Waals surface area contributed by atoms with E-state index in [0.29, 0.717) is 29.6 Å². The van der Waals surface area contributed by atoms with E-state index in [2.05, 4.69) is 5.32 Å². The van der Waals surface area contributed by atoms with Gasteiger partial charge in [0.1, 0.15) is 11.4 Å². The molecule has 0 saturated carbocycles. The maximum Gasteiger partial charge on any atom is 0.288 e. The number of methoxy groups -OCH3 is 1. The first-order chi connectivity index (χ1) is 13.9. The van der Waals surface area contributed by atoms with Crippen LogP contribution in [-0.4, -0.2) is 19.6 Å². The molecule has 0 radical (unpaired) electrons. The van der Waals surface area contributed by atoms with Crippen LogP contribution in [0.2, 0.25) is 0 Å². The molecule has 29 heavy (non-hydrogen) atoms. The molecule has 1 aliphatic heterocycles. The molecule has 1 atom stereocenters. The molecular weight excluding hydrogens is 377 g/mol. The quantitative estimate of drug-likeness (QED) is 0.708. The minimum Gasteiger partial charge on any atom is -0.493 e. The van der Waals surface area contributed by atoms with Gasteiger partial charge < -0.3 is 19.2 Å². The van der Waals surface area contributed by atoms with Gasteiger partial charge in [-0.15, -0.1) is 0 Å². The minimum atomic E-state index is -0.727. The number of carbonyl (C=O) groups is 1. The van der Waals surface area contributed by atoms with Crippen LogP contribution in [0.1, 0.15) is 41.6 Å². The summed E-state index contributed by atoms with van der Waals surface area (Å²) in [5.74, 6) is 0.306. The molecule has 2 heterocycles. The smallest absolute Gasteiger partial charge is 0.288 e. The molecule has 7 heteroatoms. The Hall–Kier alpha value is -3.35. The predicted octanol–water partition coefficient (Wildman–Crippen LogP) is 3.81. The molecule has 6 nitrogen and oxygen atoms in total. The molecule has 0 aliphatic carbocycles. The maximum absolute atomic E-state index is 13.6. The molecule has 0 fully saturated rings. The van der Waals surface area contributed by atoms with Crippen LogP contribution in [0.5, 0.6) is 11.5 Å². The maximum atomic E-state index is 13.6. The van der Waals surface area contributed by atoms with Gasteiger partial charge >= 0.3 is 0 Å². The molecule has 1 N–H and O–H groups in total. The first-order valence-electron chi connectivity index (χ1n) is 9.27. The van der Waals surface area contributed by atoms with Gasteiger partial charge in [0, 0.05) is 0 Å². The molecule has 1 amide bonds. The Morgan fingerprint density at radius 1 is 1.14 bits per heavy atom. The van der Waals surface area contributed by atoms with E-state index in [-0.39, 0.29) is 22.3 Å². The average molecular weight is 397 g/mol. The number of carbonyl (C=O) groups excluding carboxylic acids is 1. The zero-order valence-electron chi connectivity index (χ0n) is 16.2.